The molecule has 0 saturated carbocycles. The lowest BCUT2D eigenvalue weighted by molar-refractivity contribution is 0.0139. The first kappa shape index (κ1) is 16.3. The molecule has 1 N–H and O–H groups in total. The minimum Gasteiger partial charge on any atom is -0.491 e. The molecule has 1 aliphatic rings. The minimum absolute atomic E-state index is 0.605. The average Bonchev–Trinajstić information content (AvgIpc) is 2.54. The Balaban J connectivity index is 1.59. The van der Waals surface area contributed by atoms with Gasteiger partial charge < -0.3 is 19.5 Å². The average molecular weight is 293 g/mol. The fourth-order valence-electron chi connectivity index (χ4n) is 2.40. The predicted octanol–water partition coefficient (Wildman–Crippen LogP) is 2.62. The van der Waals surface area contributed by atoms with E-state index in [9.17, 15) is 0 Å². The predicted molar refractivity (Wildman–Crippen MR) is 83.7 cm³/mol. The van der Waals surface area contributed by atoms with Gasteiger partial charge in [0.05, 0.1) is 6.61 Å². The molecule has 1 saturated heterocycles. The van der Waals surface area contributed by atoms with Crippen molar-refractivity contribution in [1.29, 1.82) is 0 Å². The highest BCUT2D eigenvalue weighted by molar-refractivity contribution is 5.28. The Labute approximate surface area is 127 Å². The van der Waals surface area contributed by atoms with Crippen molar-refractivity contribution in [3.63, 3.8) is 0 Å². The van der Waals surface area contributed by atoms with Gasteiger partial charge >= 0.3 is 0 Å². The molecule has 2 rings (SSSR count). The molecule has 1 aromatic carbocycles. The van der Waals surface area contributed by atoms with Crippen LogP contribution in [0.3, 0.4) is 0 Å². The SMILES string of the molecule is CCNCc1cccc(OCCOCC2CCOCC2)c1. The van der Waals surface area contributed by atoms with Gasteiger partial charge in [0, 0.05) is 26.4 Å². The van der Waals surface area contributed by atoms with Crippen molar-refractivity contribution < 1.29 is 14.2 Å². The third-order valence-electron chi connectivity index (χ3n) is 3.67. The molecule has 0 bridgehead atoms. The van der Waals surface area contributed by atoms with Gasteiger partial charge in [-0.25, -0.2) is 0 Å². The molecule has 0 aromatic heterocycles. The van der Waals surface area contributed by atoms with E-state index in [2.05, 4.69) is 24.4 Å². The van der Waals surface area contributed by atoms with Gasteiger partial charge in [-0.2, -0.15) is 0 Å². The summed E-state index contributed by atoms with van der Waals surface area (Å²) >= 11 is 0. The van der Waals surface area contributed by atoms with Gasteiger partial charge in [-0.15, -0.1) is 0 Å². The Morgan fingerprint density at radius 2 is 2.10 bits per heavy atom. The van der Waals surface area contributed by atoms with Gasteiger partial charge in [0.1, 0.15) is 12.4 Å². The van der Waals surface area contributed by atoms with Crippen LogP contribution in [0.2, 0.25) is 0 Å². The van der Waals surface area contributed by atoms with Crippen LogP contribution in [-0.4, -0.2) is 39.6 Å². The molecule has 0 spiro atoms. The fourth-order valence-corrected chi connectivity index (χ4v) is 2.40. The number of hydrogen-bond acceptors (Lipinski definition) is 4. The molecule has 0 radical (unpaired) electrons. The maximum Gasteiger partial charge on any atom is 0.119 e. The first-order valence-electron chi connectivity index (χ1n) is 7.96. The standard InChI is InChI=1S/C17H27NO3/c1-2-18-13-16-4-3-5-17(12-16)21-11-10-20-14-15-6-8-19-9-7-15/h3-5,12,15,18H,2,6-11,13-14H2,1H3. The number of ether oxygens (including phenoxy) is 3. The van der Waals surface area contributed by atoms with Gasteiger partial charge in [0.15, 0.2) is 0 Å². The molecule has 4 nitrogen and oxygen atoms in total. The van der Waals surface area contributed by atoms with E-state index in [1.165, 1.54) is 5.56 Å². The van der Waals surface area contributed by atoms with Crippen LogP contribution in [0, 0.1) is 5.92 Å². The Hall–Kier alpha value is -1.10. The second-order valence-corrected chi connectivity index (χ2v) is 5.41. The lowest BCUT2D eigenvalue weighted by Crippen LogP contribution is -2.21. The fraction of sp³-hybridized carbons (Fsp3) is 0.647. The summed E-state index contributed by atoms with van der Waals surface area (Å²) in [4.78, 5) is 0. The lowest BCUT2D eigenvalue weighted by atomic mass is 10.0. The van der Waals surface area contributed by atoms with Gasteiger partial charge in [-0.3, -0.25) is 0 Å². The zero-order valence-electron chi connectivity index (χ0n) is 13.0. The van der Waals surface area contributed by atoms with E-state index in [0.717, 1.165) is 51.5 Å². The van der Waals surface area contributed by atoms with Crippen LogP contribution in [0.1, 0.15) is 25.3 Å². The zero-order valence-corrected chi connectivity index (χ0v) is 13.0. The Morgan fingerprint density at radius 1 is 1.24 bits per heavy atom. The molecule has 118 valence electrons. The van der Waals surface area contributed by atoms with Gasteiger partial charge in [-0.05, 0) is 43.0 Å². The molecule has 1 fully saturated rings. The highest BCUT2D eigenvalue weighted by atomic mass is 16.5. The molecule has 0 unspecified atom stereocenters. The van der Waals surface area contributed by atoms with Crippen molar-refractivity contribution in [3.8, 4) is 5.75 Å². The molecular formula is C17H27NO3. The molecule has 1 aromatic rings. The van der Waals surface area contributed by atoms with Crippen LogP contribution >= 0.6 is 0 Å². The summed E-state index contributed by atoms with van der Waals surface area (Å²) in [7, 11) is 0. The van der Waals surface area contributed by atoms with Crippen molar-refractivity contribution in [2.75, 3.05) is 39.6 Å². The number of benzene rings is 1. The van der Waals surface area contributed by atoms with E-state index >= 15 is 0 Å². The summed E-state index contributed by atoms with van der Waals surface area (Å²) in [5.41, 5.74) is 1.25. The molecule has 21 heavy (non-hydrogen) atoms. The van der Waals surface area contributed by atoms with Crippen LogP contribution in [0.25, 0.3) is 0 Å². The van der Waals surface area contributed by atoms with E-state index in [-0.39, 0.29) is 0 Å². The summed E-state index contributed by atoms with van der Waals surface area (Å²) in [6.45, 7) is 7.80. The minimum atomic E-state index is 0.605. The van der Waals surface area contributed by atoms with Gasteiger partial charge in [-0.1, -0.05) is 19.1 Å². The highest BCUT2D eigenvalue weighted by Gasteiger charge is 2.13. The van der Waals surface area contributed by atoms with Crippen LogP contribution in [0.5, 0.6) is 5.75 Å². The van der Waals surface area contributed by atoms with Crippen molar-refractivity contribution in [2.45, 2.75) is 26.3 Å². The van der Waals surface area contributed by atoms with Crippen molar-refractivity contribution >= 4 is 0 Å². The number of nitrogens with one attached hydrogen (secondary N) is 1. The smallest absolute Gasteiger partial charge is 0.119 e. The molecule has 1 aliphatic heterocycles. The third-order valence-corrected chi connectivity index (χ3v) is 3.67. The van der Waals surface area contributed by atoms with Crippen molar-refractivity contribution in [1.82, 2.24) is 5.32 Å². The molecule has 0 amide bonds. The van der Waals surface area contributed by atoms with Crippen LogP contribution < -0.4 is 10.1 Å². The molecule has 0 atom stereocenters. The van der Waals surface area contributed by atoms with Gasteiger partial charge in [0.25, 0.3) is 0 Å². The monoisotopic (exact) mass is 293 g/mol. The van der Waals surface area contributed by atoms with E-state index in [0.29, 0.717) is 19.1 Å². The van der Waals surface area contributed by atoms with Crippen LogP contribution in [0.4, 0.5) is 0 Å². The van der Waals surface area contributed by atoms with Crippen molar-refractivity contribution in [3.05, 3.63) is 29.8 Å². The Kier molecular flexibility index (Phi) is 7.57. The zero-order chi connectivity index (χ0) is 14.8. The van der Waals surface area contributed by atoms with Crippen LogP contribution in [0.15, 0.2) is 24.3 Å². The summed E-state index contributed by atoms with van der Waals surface area (Å²) < 4.78 is 16.8. The largest absolute Gasteiger partial charge is 0.491 e. The maximum absolute atomic E-state index is 5.74. The van der Waals surface area contributed by atoms with Crippen molar-refractivity contribution in [2.24, 2.45) is 5.92 Å². The second kappa shape index (κ2) is 9.77. The normalized spacial score (nSPS) is 16.0. The summed E-state index contributed by atoms with van der Waals surface area (Å²) in [5.74, 6) is 1.57. The third kappa shape index (κ3) is 6.46. The molecule has 4 heteroatoms. The first-order valence-corrected chi connectivity index (χ1v) is 7.96. The summed E-state index contributed by atoms with van der Waals surface area (Å²) in [6.07, 6.45) is 2.24. The van der Waals surface area contributed by atoms with Gasteiger partial charge in [0.2, 0.25) is 0 Å². The Morgan fingerprint density at radius 3 is 2.90 bits per heavy atom. The first-order chi connectivity index (χ1) is 10.4. The number of rotatable bonds is 9. The lowest BCUT2D eigenvalue weighted by Gasteiger charge is -2.21. The van der Waals surface area contributed by atoms with E-state index in [4.69, 9.17) is 14.2 Å². The quantitative estimate of drug-likeness (QED) is 0.711. The summed E-state index contributed by atoms with van der Waals surface area (Å²) in [5, 5.41) is 3.31. The van der Waals surface area contributed by atoms with E-state index < -0.39 is 0 Å². The topological polar surface area (TPSA) is 39.7 Å². The second-order valence-electron chi connectivity index (χ2n) is 5.41. The molecule has 0 aliphatic carbocycles. The maximum atomic E-state index is 5.74. The molecular weight excluding hydrogens is 266 g/mol. The number of hydrogen-bond donors (Lipinski definition) is 1. The highest BCUT2D eigenvalue weighted by Crippen LogP contribution is 2.15. The van der Waals surface area contributed by atoms with E-state index in [1.807, 2.05) is 12.1 Å². The van der Waals surface area contributed by atoms with E-state index in [1.54, 1.807) is 0 Å². The Bertz CT molecular complexity index is 391. The summed E-state index contributed by atoms with van der Waals surface area (Å²) in [6, 6.07) is 8.22. The van der Waals surface area contributed by atoms with Crippen LogP contribution in [-0.2, 0) is 16.0 Å². The molecule has 1 heterocycles.